The van der Waals surface area contributed by atoms with E-state index < -0.39 is 5.82 Å². The van der Waals surface area contributed by atoms with Crippen LogP contribution in [0.15, 0.2) is 18.2 Å². The van der Waals surface area contributed by atoms with Gasteiger partial charge in [0.15, 0.2) is 5.78 Å². The van der Waals surface area contributed by atoms with E-state index in [-0.39, 0.29) is 30.3 Å². The second kappa shape index (κ2) is 5.83. The molecule has 0 spiro atoms. The Balaban J connectivity index is 2.71. The van der Waals surface area contributed by atoms with Crippen molar-refractivity contribution in [2.75, 3.05) is 20.3 Å². The Labute approximate surface area is 92.2 Å². The topological polar surface area (TPSA) is 59.3 Å². The van der Waals surface area contributed by atoms with E-state index >= 15 is 0 Å². The first-order valence-electron chi connectivity index (χ1n) is 4.51. The number of hydrogen-bond donors (Lipinski definition) is 0. The van der Waals surface area contributed by atoms with Crippen molar-refractivity contribution in [3.63, 3.8) is 0 Å². The highest BCUT2D eigenvalue weighted by atomic mass is 19.1. The Bertz CT molecular complexity index is 426. The second-order valence-electron chi connectivity index (χ2n) is 2.99. The molecule has 0 aromatic heterocycles. The van der Waals surface area contributed by atoms with E-state index in [1.807, 2.05) is 0 Å². The van der Waals surface area contributed by atoms with Gasteiger partial charge in [-0.05, 0) is 12.1 Å². The van der Waals surface area contributed by atoms with E-state index in [1.54, 1.807) is 6.07 Å². The quantitative estimate of drug-likeness (QED) is 0.754. The maximum atomic E-state index is 13.1. The van der Waals surface area contributed by atoms with Crippen LogP contribution in [0.4, 0.5) is 4.39 Å². The monoisotopic (exact) mass is 223 g/mol. The summed E-state index contributed by atoms with van der Waals surface area (Å²) in [7, 11) is 1.39. The molecule has 0 aliphatic carbocycles. The highest BCUT2D eigenvalue weighted by molar-refractivity contribution is 5.81. The molecule has 0 bridgehead atoms. The molecule has 0 N–H and O–H groups in total. The average molecular weight is 223 g/mol. The van der Waals surface area contributed by atoms with Crippen LogP contribution < -0.4 is 4.74 Å². The maximum Gasteiger partial charge on any atom is 0.195 e. The molecular formula is C11H10FNO3. The third-order valence-corrected chi connectivity index (χ3v) is 1.78. The zero-order valence-corrected chi connectivity index (χ0v) is 8.70. The van der Waals surface area contributed by atoms with Crippen molar-refractivity contribution in [2.45, 2.75) is 0 Å². The predicted octanol–water partition coefficient (Wildman–Crippen LogP) is 1.29. The fraction of sp³-hybridized carbons (Fsp3) is 0.273. The molecule has 1 aromatic carbocycles. The molecule has 0 saturated carbocycles. The summed E-state index contributed by atoms with van der Waals surface area (Å²) in [5.41, 5.74) is -0.201. The average Bonchev–Trinajstić information content (AvgIpc) is 2.27. The molecule has 1 aromatic rings. The van der Waals surface area contributed by atoms with Crippen LogP contribution in [-0.2, 0) is 9.53 Å². The molecule has 0 atom stereocenters. The Hall–Kier alpha value is -1.93. The number of hydrogen-bond acceptors (Lipinski definition) is 4. The highest BCUT2D eigenvalue weighted by Crippen LogP contribution is 2.20. The number of methoxy groups -OCH3 is 1. The lowest BCUT2D eigenvalue weighted by atomic mass is 10.2. The summed E-state index contributed by atoms with van der Waals surface area (Å²) >= 11 is 0. The Morgan fingerprint density at radius 1 is 1.50 bits per heavy atom. The molecule has 16 heavy (non-hydrogen) atoms. The summed E-state index contributed by atoms with van der Waals surface area (Å²) in [6.45, 7) is -0.316. The molecule has 5 heteroatoms. The molecule has 4 nitrogen and oxygen atoms in total. The van der Waals surface area contributed by atoms with Gasteiger partial charge in [-0.15, -0.1) is 0 Å². The van der Waals surface area contributed by atoms with Gasteiger partial charge in [-0.2, -0.15) is 5.26 Å². The van der Waals surface area contributed by atoms with Crippen LogP contribution >= 0.6 is 0 Å². The van der Waals surface area contributed by atoms with Crippen molar-refractivity contribution in [3.8, 4) is 11.8 Å². The van der Waals surface area contributed by atoms with E-state index in [0.29, 0.717) is 0 Å². The number of benzene rings is 1. The van der Waals surface area contributed by atoms with Crippen molar-refractivity contribution in [2.24, 2.45) is 0 Å². The largest absolute Gasteiger partial charge is 0.484 e. The third kappa shape index (κ3) is 3.04. The summed E-state index contributed by atoms with van der Waals surface area (Å²) in [6.07, 6.45) is 0. The van der Waals surface area contributed by atoms with Gasteiger partial charge >= 0.3 is 0 Å². The molecule has 0 amide bonds. The lowest BCUT2D eigenvalue weighted by Gasteiger charge is -2.06. The van der Waals surface area contributed by atoms with Crippen LogP contribution in [0, 0.1) is 17.1 Å². The predicted molar refractivity (Wildman–Crippen MR) is 53.5 cm³/mol. The van der Waals surface area contributed by atoms with Crippen LogP contribution in [0.2, 0.25) is 0 Å². The molecule has 1 rings (SSSR count). The number of nitriles is 1. The van der Waals surface area contributed by atoms with Gasteiger partial charge in [-0.3, -0.25) is 4.79 Å². The lowest BCUT2D eigenvalue weighted by molar-refractivity contribution is -0.124. The summed E-state index contributed by atoms with van der Waals surface area (Å²) in [5, 5.41) is 8.69. The Morgan fingerprint density at radius 2 is 2.25 bits per heavy atom. The smallest absolute Gasteiger partial charge is 0.195 e. The van der Waals surface area contributed by atoms with Crippen LogP contribution in [0.1, 0.15) is 5.56 Å². The van der Waals surface area contributed by atoms with Crippen molar-refractivity contribution >= 4 is 5.78 Å². The molecule has 0 aliphatic rings. The van der Waals surface area contributed by atoms with Crippen LogP contribution in [0.5, 0.6) is 5.75 Å². The summed E-state index contributed by atoms with van der Waals surface area (Å²) < 4.78 is 22.7. The number of carbonyl (C=O) groups excluding carboxylic acids is 1. The van der Waals surface area contributed by atoms with Crippen molar-refractivity contribution in [1.82, 2.24) is 0 Å². The van der Waals surface area contributed by atoms with Crippen LogP contribution in [0.25, 0.3) is 0 Å². The minimum Gasteiger partial charge on any atom is -0.484 e. The SMILES string of the molecule is COCC(=O)COc1cccc(F)c1C#N. The number of carbonyl (C=O) groups is 1. The Kier molecular flexibility index (Phi) is 4.42. The maximum absolute atomic E-state index is 13.1. The van der Waals surface area contributed by atoms with E-state index in [1.165, 1.54) is 19.2 Å². The number of halogens is 1. The van der Waals surface area contributed by atoms with E-state index in [4.69, 9.17) is 10.00 Å². The number of nitrogens with zero attached hydrogens (tertiary/aromatic N) is 1. The number of Topliss-reactive ketones (excluding diaryl/α,β-unsaturated/α-hetero) is 1. The van der Waals surface area contributed by atoms with Crippen molar-refractivity contribution in [3.05, 3.63) is 29.6 Å². The molecule has 0 fully saturated rings. The first-order valence-corrected chi connectivity index (χ1v) is 4.51. The van der Waals surface area contributed by atoms with E-state index in [2.05, 4.69) is 4.74 Å². The second-order valence-corrected chi connectivity index (χ2v) is 2.99. The highest BCUT2D eigenvalue weighted by Gasteiger charge is 2.10. The minimum atomic E-state index is -0.667. The molecule has 0 aliphatic heterocycles. The molecule has 0 unspecified atom stereocenters. The van der Waals surface area contributed by atoms with Crippen molar-refractivity contribution < 1.29 is 18.7 Å². The van der Waals surface area contributed by atoms with Gasteiger partial charge in [0.2, 0.25) is 0 Å². The normalized spacial score (nSPS) is 9.56. The van der Waals surface area contributed by atoms with Gasteiger partial charge in [0, 0.05) is 7.11 Å². The minimum absolute atomic E-state index is 0.0620. The summed E-state index contributed by atoms with van der Waals surface area (Å²) in [4.78, 5) is 11.1. The molecule has 0 saturated heterocycles. The number of rotatable bonds is 5. The van der Waals surface area contributed by atoms with E-state index in [0.717, 1.165) is 6.07 Å². The molecule has 0 radical (unpaired) electrons. The summed E-state index contributed by atoms with van der Waals surface area (Å²) in [5.74, 6) is -0.887. The fourth-order valence-electron chi connectivity index (χ4n) is 1.09. The van der Waals surface area contributed by atoms with Gasteiger partial charge in [0.25, 0.3) is 0 Å². The zero-order valence-electron chi connectivity index (χ0n) is 8.70. The lowest BCUT2D eigenvalue weighted by Crippen LogP contribution is -2.16. The van der Waals surface area contributed by atoms with Crippen LogP contribution in [-0.4, -0.2) is 26.1 Å². The number of ketones is 1. The standard InChI is InChI=1S/C11H10FNO3/c1-15-6-8(14)7-16-11-4-2-3-10(12)9(11)5-13/h2-4H,6-7H2,1H3. The summed E-state index contributed by atoms with van der Waals surface area (Å²) in [6, 6.07) is 5.67. The van der Waals surface area contributed by atoms with Gasteiger partial charge in [0.1, 0.15) is 36.4 Å². The first kappa shape index (κ1) is 12.1. The van der Waals surface area contributed by atoms with Crippen molar-refractivity contribution in [1.29, 1.82) is 5.26 Å². The fourth-order valence-corrected chi connectivity index (χ4v) is 1.09. The van der Waals surface area contributed by atoms with Gasteiger partial charge in [-0.1, -0.05) is 6.07 Å². The number of ether oxygens (including phenoxy) is 2. The molecular weight excluding hydrogens is 213 g/mol. The third-order valence-electron chi connectivity index (χ3n) is 1.78. The first-order chi connectivity index (χ1) is 7.69. The zero-order chi connectivity index (χ0) is 12.0. The van der Waals surface area contributed by atoms with Gasteiger partial charge in [0.05, 0.1) is 0 Å². The van der Waals surface area contributed by atoms with E-state index in [9.17, 15) is 9.18 Å². The van der Waals surface area contributed by atoms with Gasteiger partial charge < -0.3 is 9.47 Å². The van der Waals surface area contributed by atoms with Crippen LogP contribution in [0.3, 0.4) is 0 Å². The molecule has 0 heterocycles. The van der Waals surface area contributed by atoms with Gasteiger partial charge in [-0.25, -0.2) is 4.39 Å². The molecule has 84 valence electrons. The Morgan fingerprint density at radius 3 is 2.88 bits per heavy atom.